The van der Waals surface area contributed by atoms with Crippen molar-refractivity contribution in [3.05, 3.63) is 12.2 Å². The van der Waals surface area contributed by atoms with Crippen LogP contribution in [0, 0.1) is 5.92 Å². The molecule has 7 heavy (non-hydrogen) atoms. The SMILES string of the molecule is C[Si]1=C[C@@H]2C=C[C@H]21. The van der Waals surface area contributed by atoms with Gasteiger partial charge in [0, 0.05) is 8.41 Å². The number of hydrogen-bond acceptors (Lipinski definition) is 0. The zero-order valence-corrected chi connectivity index (χ0v) is 5.39. The smallest absolute Gasteiger partial charge is 0.0108 e. The van der Waals surface area contributed by atoms with Gasteiger partial charge in [0.15, 0.2) is 0 Å². The van der Waals surface area contributed by atoms with Gasteiger partial charge in [-0.3, -0.25) is 0 Å². The van der Waals surface area contributed by atoms with E-state index in [0.29, 0.717) is 0 Å². The Hall–Kier alpha value is -0.173. The molecule has 2 aliphatic rings. The molecule has 1 heteroatoms. The molecule has 0 saturated carbocycles. The van der Waals surface area contributed by atoms with Crippen molar-refractivity contribution in [3.8, 4) is 0 Å². The van der Waals surface area contributed by atoms with Gasteiger partial charge in [-0.25, -0.2) is 0 Å². The fourth-order valence-electron chi connectivity index (χ4n) is 1.26. The molecule has 0 spiro atoms. The predicted octanol–water partition coefficient (Wildman–Crippen LogP) is 1.06. The van der Waals surface area contributed by atoms with Gasteiger partial charge in [0.2, 0.25) is 0 Å². The van der Waals surface area contributed by atoms with E-state index in [9.17, 15) is 0 Å². The molecule has 0 saturated heterocycles. The van der Waals surface area contributed by atoms with Crippen LogP contribution in [0.4, 0.5) is 0 Å². The van der Waals surface area contributed by atoms with Crippen molar-refractivity contribution in [2.24, 2.45) is 5.92 Å². The zero-order valence-electron chi connectivity index (χ0n) is 4.39. The van der Waals surface area contributed by atoms with Crippen LogP contribution in [-0.4, -0.2) is 14.1 Å². The lowest BCUT2D eigenvalue weighted by Gasteiger charge is -2.36. The standard InChI is InChI=1S/C6H8Si/c1-7-4-5-2-3-6(5)7/h2-6H,1H3/t5-,6+/m0/s1. The Labute approximate surface area is 45.1 Å². The highest BCUT2D eigenvalue weighted by molar-refractivity contribution is 6.73. The maximum Gasteiger partial charge on any atom is 0.0108 e. The number of hydrogen-bond donors (Lipinski definition) is 0. The molecule has 0 amide bonds. The number of rotatable bonds is 0. The summed E-state index contributed by atoms with van der Waals surface area (Å²) >= 11 is 0. The van der Waals surface area contributed by atoms with Gasteiger partial charge >= 0.3 is 0 Å². The second-order valence-corrected chi connectivity index (χ2v) is 4.89. The van der Waals surface area contributed by atoms with Crippen LogP contribution < -0.4 is 0 Å². The molecule has 0 aromatic heterocycles. The summed E-state index contributed by atoms with van der Waals surface area (Å²) in [6.07, 6.45) is 4.67. The molecule has 1 aliphatic heterocycles. The summed E-state index contributed by atoms with van der Waals surface area (Å²) in [5.41, 5.74) is 3.56. The first kappa shape index (κ1) is 3.78. The Morgan fingerprint density at radius 1 is 1.43 bits per heavy atom. The fraction of sp³-hybridized carbons (Fsp3) is 0.500. The monoisotopic (exact) mass is 108 g/mol. The predicted molar refractivity (Wildman–Crippen MR) is 34.1 cm³/mol. The Balaban J connectivity index is 2.32. The first-order valence-corrected chi connectivity index (χ1v) is 4.90. The van der Waals surface area contributed by atoms with Crippen LogP contribution in [0.3, 0.4) is 0 Å². The highest BCUT2D eigenvalue weighted by Gasteiger charge is 2.31. The third kappa shape index (κ3) is 0.301. The van der Waals surface area contributed by atoms with Crippen LogP contribution in [-0.2, 0) is 0 Å². The Morgan fingerprint density at radius 3 is 2.29 bits per heavy atom. The van der Waals surface area contributed by atoms with Gasteiger partial charge in [-0.15, -0.1) is 0 Å². The van der Waals surface area contributed by atoms with Crippen LogP contribution in [0.25, 0.3) is 0 Å². The van der Waals surface area contributed by atoms with E-state index in [-0.39, 0.29) is 8.41 Å². The number of allylic oxidation sites excluding steroid dienone is 2. The van der Waals surface area contributed by atoms with Crippen molar-refractivity contribution in [1.29, 1.82) is 0 Å². The average molecular weight is 108 g/mol. The minimum absolute atomic E-state index is 0.0553. The fourth-order valence-corrected chi connectivity index (χ4v) is 3.30. The van der Waals surface area contributed by atoms with Crippen LogP contribution in [0.2, 0.25) is 12.1 Å². The van der Waals surface area contributed by atoms with E-state index in [4.69, 9.17) is 0 Å². The maximum atomic E-state index is 2.51. The van der Waals surface area contributed by atoms with Gasteiger partial charge in [0.05, 0.1) is 0 Å². The van der Waals surface area contributed by atoms with Crippen molar-refractivity contribution >= 4 is 14.1 Å². The van der Waals surface area contributed by atoms with Crippen molar-refractivity contribution in [2.45, 2.75) is 12.1 Å². The van der Waals surface area contributed by atoms with Gasteiger partial charge in [0.1, 0.15) is 0 Å². The van der Waals surface area contributed by atoms with Crippen molar-refractivity contribution < 1.29 is 0 Å². The lowest BCUT2D eigenvalue weighted by atomic mass is 9.96. The lowest BCUT2D eigenvalue weighted by Crippen LogP contribution is -2.35. The molecule has 0 aromatic rings. The van der Waals surface area contributed by atoms with Crippen LogP contribution in [0.1, 0.15) is 0 Å². The summed E-state index contributed by atoms with van der Waals surface area (Å²) < 4.78 is 0. The molecule has 36 valence electrons. The Morgan fingerprint density at radius 2 is 2.29 bits per heavy atom. The van der Waals surface area contributed by atoms with Crippen LogP contribution >= 0.6 is 0 Å². The minimum atomic E-state index is 0.0553. The first-order valence-electron chi connectivity index (χ1n) is 2.74. The highest BCUT2D eigenvalue weighted by Crippen LogP contribution is 2.36. The molecule has 0 radical (unpaired) electrons. The van der Waals surface area contributed by atoms with Gasteiger partial charge in [-0.05, 0) is 11.5 Å². The van der Waals surface area contributed by atoms with E-state index in [1.54, 1.807) is 0 Å². The van der Waals surface area contributed by atoms with E-state index in [1.807, 2.05) is 0 Å². The van der Waals surface area contributed by atoms with Gasteiger partial charge in [-0.2, -0.15) is 0 Å². The largest absolute Gasteiger partial charge is 0.0960 e. The maximum absolute atomic E-state index is 2.51. The molecule has 0 N–H and O–H groups in total. The van der Waals surface area contributed by atoms with E-state index in [0.717, 1.165) is 11.5 Å². The Bertz CT molecular complexity index is 156. The van der Waals surface area contributed by atoms with Crippen molar-refractivity contribution in [1.82, 2.24) is 0 Å². The summed E-state index contributed by atoms with van der Waals surface area (Å²) in [7, 11) is 0.0553. The van der Waals surface area contributed by atoms with Crippen LogP contribution in [0.15, 0.2) is 12.2 Å². The molecule has 1 heterocycles. The van der Waals surface area contributed by atoms with E-state index in [1.165, 1.54) is 0 Å². The Kier molecular flexibility index (Phi) is 0.525. The average Bonchev–Trinajstić information content (AvgIpc) is 1.59. The molecular weight excluding hydrogens is 100 g/mol. The van der Waals surface area contributed by atoms with Crippen LogP contribution in [0.5, 0.6) is 0 Å². The highest BCUT2D eigenvalue weighted by atomic mass is 28.2. The third-order valence-corrected chi connectivity index (χ3v) is 4.48. The third-order valence-electron chi connectivity index (χ3n) is 1.94. The van der Waals surface area contributed by atoms with E-state index in [2.05, 4.69) is 24.4 Å². The topological polar surface area (TPSA) is 0 Å². The summed E-state index contributed by atoms with van der Waals surface area (Å²) in [6.45, 7) is 2.38. The lowest BCUT2D eigenvalue weighted by molar-refractivity contribution is 0.786. The number of fused-ring (bicyclic) bond motifs is 1. The second-order valence-electron chi connectivity index (χ2n) is 2.40. The minimum Gasteiger partial charge on any atom is -0.0960 e. The molecule has 0 nitrogen and oxygen atoms in total. The molecule has 2 rings (SSSR count). The molecule has 2 atom stereocenters. The zero-order chi connectivity index (χ0) is 4.85. The van der Waals surface area contributed by atoms with E-state index >= 15 is 0 Å². The molecule has 0 aromatic carbocycles. The molecule has 1 aliphatic carbocycles. The molecule has 0 fully saturated rings. The summed E-state index contributed by atoms with van der Waals surface area (Å²) in [4.78, 5) is 0. The summed E-state index contributed by atoms with van der Waals surface area (Å²) in [5, 5.41) is 0. The quantitative estimate of drug-likeness (QED) is 0.321. The van der Waals surface area contributed by atoms with Gasteiger partial charge < -0.3 is 0 Å². The first-order chi connectivity index (χ1) is 3.38. The normalized spacial score (nSPS) is 43.3. The molecule has 0 unspecified atom stereocenters. The summed E-state index contributed by atoms with van der Waals surface area (Å²) in [6, 6.07) is 0. The second kappa shape index (κ2) is 0.971. The van der Waals surface area contributed by atoms with E-state index < -0.39 is 0 Å². The molecule has 0 bridgehead atoms. The van der Waals surface area contributed by atoms with Crippen molar-refractivity contribution in [2.75, 3.05) is 0 Å². The van der Waals surface area contributed by atoms with Gasteiger partial charge in [-0.1, -0.05) is 24.4 Å². The van der Waals surface area contributed by atoms with Gasteiger partial charge in [0.25, 0.3) is 0 Å². The summed E-state index contributed by atoms with van der Waals surface area (Å²) in [5.74, 6) is 0.930. The molecular formula is C6H8Si. The van der Waals surface area contributed by atoms with Crippen molar-refractivity contribution in [3.63, 3.8) is 0 Å².